The number of alkyl halides is 4. The van der Waals surface area contributed by atoms with Gasteiger partial charge in [0.1, 0.15) is 6.79 Å². The first-order chi connectivity index (χ1) is 13.3. The van der Waals surface area contributed by atoms with Gasteiger partial charge in [-0.3, -0.25) is 9.35 Å². The molecule has 0 amide bonds. The zero-order valence-electron chi connectivity index (χ0n) is 17.8. The first kappa shape index (κ1) is 26.3. The average Bonchev–Trinajstić information content (AvgIpc) is 2.57. The van der Waals surface area contributed by atoms with Crippen LogP contribution in [0.3, 0.4) is 0 Å². The number of hydrogen-bond donors (Lipinski definition) is 1. The van der Waals surface area contributed by atoms with E-state index in [1.165, 1.54) is 7.11 Å². The molecule has 13 heteroatoms. The maximum absolute atomic E-state index is 13.6. The van der Waals surface area contributed by atoms with E-state index in [-0.39, 0.29) is 49.6 Å². The van der Waals surface area contributed by atoms with E-state index in [1.807, 2.05) is 0 Å². The molecule has 4 aliphatic rings. The largest absolute Gasteiger partial charge is 1.00 e. The maximum atomic E-state index is 13.6. The molecule has 4 rings (SSSR count). The quantitative estimate of drug-likeness (QED) is 0.167. The Morgan fingerprint density at radius 2 is 1.73 bits per heavy atom. The Labute approximate surface area is 195 Å². The van der Waals surface area contributed by atoms with Crippen molar-refractivity contribution in [2.24, 2.45) is 17.3 Å². The van der Waals surface area contributed by atoms with Crippen LogP contribution in [0.2, 0.25) is 0 Å². The van der Waals surface area contributed by atoms with Gasteiger partial charge in [0, 0.05) is 7.11 Å². The summed E-state index contributed by atoms with van der Waals surface area (Å²) in [6, 6.07) is 0. The molecule has 1 N–H and O–H groups in total. The first-order valence-electron chi connectivity index (χ1n) is 9.29. The van der Waals surface area contributed by atoms with E-state index in [0.29, 0.717) is 19.3 Å². The van der Waals surface area contributed by atoms with Crippen molar-refractivity contribution in [1.82, 2.24) is 0 Å². The molecule has 4 saturated carbocycles. The van der Waals surface area contributed by atoms with Crippen LogP contribution in [0.4, 0.5) is 17.6 Å². The average molecular weight is 472 g/mol. The minimum Gasteiger partial charge on any atom is -1.00 e. The molecule has 2 unspecified atom stereocenters. The summed E-state index contributed by atoms with van der Waals surface area (Å²) in [5, 5.41) is -5.68. The molecule has 4 bridgehead atoms. The summed E-state index contributed by atoms with van der Waals surface area (Å²) < 4.78 is 98.9. The van der Waals surface area contributed by atoms with E-state index < -0.39 is 51.3 Å². The third-order valence-electron chi connectivity index (χ3n) is 6.32. The zero-order valence-corrected chi connectivity index (χ0v) is 19.7. The fourth-order valence-electron chi connectivity index (χ4n) is 5.53. The Bertz CT molecular complexity index is 754. The number of rotatable bonds is 9. The normalized spacial score (nSPS) is 33.3. The number of esters is 1. The molecule has 0 spiro atoms. The van der Waals surface area contributed by atoms with E-state index in [2.05, 4.69) is 0 Å². The summed E-state index contributed by atoms with van der Waals surface area (Å²) >= 11 is 0. The van der Waals surface area contributed by atoms with Crippen LogP contribution in [0.1, 0.15) is 46.4 Å². The Hall–Kier alpha value is 0.0200. The van der Waals surface area contributed by atoms with Crippen LogP contribution in [0.15, 0.2) is 0 Å². The predicted molar refractivity (Wildman–Crippen MR) is 90.9 cm³/mol. The van der Waals surface area contributed by atoms with Gasteiger partial charge in [-0.25, -0.2) is 0 Å². The predicted octanol–water partition coefficient (Wildman–Crippen LogP) is 0.112. The molecule has 0 aromatic carbocycles. The summed E-state index contributed by atoms with van der Waals surface area (Å²) in [7, 11) is -4.84. The fourth-order valence-corrected chi connectivity index (χ4v) is 6.01. The molecular formula is C17H25F4NaO7S. The van der Waals surface area contributed by atoms with Gasteiger partial charge >= 0.3 is 56.8 Å². The van der Waals surface area contributed by atoms with Crippen LogP contribution in [0, 0.1) is 17.3 Å². The Morgan fingerprint density at radius 3 is 2.23 bits per heavy atom. The van der Waals surface area contributed by atoms with E-state index in [9.17, 15) is 30.8 Å². The van der Waals surface area contributed by atoms with Crippen LogP contribution in [0.25, 0.3) is 0 Å². The van der Waals surface area contributed by atoms with Crippen molar-refractivity contribution >= 4 is 16.1 Å². The van der Waals surface area contributed by atoms with Gasteiger partial charge in [0.15, 0.2) is 0 Å². The molecule has 0 saturated heterocycles. The van der Waals surface area contributed by atoms with Crippen molar-refractivity contribution in [1.29, 1.82) is 0 Å². The van der Waals surface area contributed by atoms with Crippen molar-refractivity contribution < 1.29 is 80.5 Å². The zero-order chi connectivity index (χ0) is 21.7. The molecule has 0 aromatic heterocycles. The van der Waals surface area contributed by atoms with Crippen LogP contribution >= 0.6 is 0 Å². The Morgan fingerprint density at radius 1 is 1.17 bits per heavy atom. The first-order valence-corrected chi connectivity index (χ1v) is 10.7. The minimum atomic E-state index is -6.32. The summed E-state index contributed by atoms with van der Waals surface area (Å²) in [5.41, 5.74) is -1.49. The molecule has 0 radical (unpaired) electrons. The molecule has 2 atom stereocenters. The van der Waals surface area contributed by atoms with Gasteiger partial charge in [0.2, 0.25) is 0 Å². The summed E-state index contributed by atoms with van der Waals surface area (Å²) in [6.07, 6.45) is 2.09. The van der Waals surface area contributed by atoms with E-state index in [0.717, 1.165) is 19.3 Å². The number of carbonyl (C=O) groups excluding carboxylic acids is 1. The van der Waals surface area contributed by atoms with Gasteiger partial charge in [0.05, 0.1) is 24.0 Å². The van der Waals surface area contributed by atoms with Crippen molar-refractivity contribution in [2.75, 3.05) is 20.5 Å². The summed E-state index contributed by atoms with van der Waals surface area (Å²) in [5.74, 6) is -5.43. The number of carbonyl (C=O) groups is 1. The van der Waals surface area contributed by atoms with Crippen LogP contribution in [-0.4, -0.2) is 56.2 Å². The topological polar surface area (TPSA) is 99.1 Å². The number of hydrogen-bond acceptors (Lipinski definition) is 6. The van der Waals surface area contributed by atoms with Crippen LogP contribution in [0.5, 0.6) is 0 Å². The van der Waals surface area contributed by atoms with Crippen LogP contribution < -0.4 is 29.6 Å². The van der Waals surface area contributed by atoms with Crippen molar-refractivity contribution in [3.63, 3.8) is 0 Å². The van der Waals surface area contributed by atoms with Gasteiger partial charge in [-0.1, -0.05) is 0 Å². The van der Waals surface area contributed by atoms with Gasteiger partial charge < -0.3 is 15.6 Å². The van der Waals surface area contributed by atoms with Crippen molar-refractivity contribution in [3.05, 3.63) is 0 Å². The third kappa shape index (κ3) is 4.69. The molecular weight excluding hydrogens is 447 g/mol. The number of methoxy groups -OCH3 is 1. The third-order valence-corrected chi connectivity index (χ3v) is 7.27. The maximum Gasteiger partial charge on any atom is 1.00 e. The fraction of sp³-hybridized carbons (Fsp3) is 0.941. The van der Waals surface area contributed by atoms with Gasteiger partial charge in [-0.05, 0) is 50.4 Å². The Balaban J connectivity index is 0.00000240. The molecule has 4 aliphatic carbocycles. The molecule has 170 valence electrons. The van der Waals surface area contributed by atoms with E-state index in [4.69, 9.17) is 18.8 Å². The van der Waals surface area contributed by atoms with Gasteiger partial charge in [0.25, 0.3) is 0 Å². The minimum absolute atomic E-state index is 0. The molecule has 4 fully saturated rings. The van der Waals surface area contributed by atoms with Crippen molar-refractivity contribution in [3.8, 4) is 0 Å². The molecule has 30 heavy (non-hydrogen) atoms. The standard InChI is InChI=1S/C17H24F4O7S.Na.H/c1-26-10-28-15-7-11-4-12(8-15)6-14(5-11,9-15)13(22)27-3-2-16(18,19)17(20,21)29(23,24)25;;/h11-12H,2-10H2,1H3,(H,23,24,25);;/q;+1;-1. The second-order valence-corrected chi connectivity index (χ2v) is 10.0. The summed E-state index contributed by atoms with van der Waals surface area (Å²) in [6.45, 7) is -1.04. The molecule has 7 nitrogen and oxygen atoms in total. The molecule has 0 aliphatic heterocycles. The second kappa shape index (κ2) is 8.75. The Kier molecular flexibility index (Phi) is 7.67. The summed E-state index contributed by atoms with van der Waals surface area (Å²) in [4.78, 5) is 12.7. The monoisotopic (exact) mass is 472 g/mol. The van der Waals surface area contributed by atoms with Gasteiger partial charge in [-0.15, -0.1) is 0 Å². The number of ether oxygens (including phenoxy) is 3. The molecule has 0 heterocycles. The van der Waals surface area contributed by atoms with Crippen molar-refractivity contribution in [2.45, 2.75) is 61.7 Å². The van der Waals surface area contributed by atoms with Gasteiger partial charge in [-0.2, -0.15) is 26.0 Å². The van der Waals surface area contributed by atoms with E-state index in [1.54, 1.807) is 0 Å². The van der Waals surface area contributed by atoms with E-state index >= 15 is 0 Å². The number of halogens is 4. The molecule has 0 aromatic rings. The SMILES string of the molecule is COCOC12CC3CC(C1)CC(C(=O)OCCC(F)(F)C(F)(F)S(=O)(=O)O)(C3)C2.[H-].[Na+]. The van der Waals surface area contributed by atoms with Crippen LogP contribution in [-0.2, 0) is 29.1 Å². The second-order valence-electron chi connectivity index (χ2n) is 8.56. The smallest absolute Gasteiger partial charge is 1.00 e.